The van der Waals surface area contributed by atoms with Gasteiger partial charge in [0, 0.05) is 18.8 Å². The molecule has 0 aliphatic heterocycles. The zero-order valence-electron chi connectivity index (χ0n) is 11.3. The van der Waals surface area contributed by atoms with Gasteiger partial charge in [0.1, 0.15) is 5.82 Å². The van der Waals surface area contributed by atoms with Gasteiger partial charge in [-0.05, 0) is 38.5 Å². The van der Waals surface area contributed by atoms with Crippen LogP contribution in [0.1, 0.15) is 17.8 Å². The molecule has 0 radical (unpaired) electrons. The highest BCUT2D eigenvalue weighted by Crippen LogP contribution is 2.20. The molecule has 4 nitrogen and oxygen atoms in total. The highest BCUT2D eigenvalue weighted by molar-refractivity contribution is 5.66. The predicted molar refractivity (Wildman–Crippen MR) is 75.6 cm³/mol. The van der Waals surface area contributed by atoms with Gasteiger partial charge in [0.25, 0.3) is 0 Å². The average Bonchev–Trinajstić information content (AvgIpc) is 2.68. The van der Waals surface area contributed by atoms with Gasteiger partial charge in [0.2, 0.25) is 0 Å². The molecule has 0 aliphatic carbocycles. The molecule has 2 rings (SSSR count). The number of aromatic nitrogens is 2. The van der Waals surface area contributed by atoms with E-state index < -0.39 is 0 Å². The minimum Gasteiger partial charge on any atom is -0.395 e. The Hall–Kier alpha value is -2.04. The summed E-state index contributed by atoms with van der Waals surface area (Å²) >= 11 is 0. The normalized spacial score (nSPS) is 10.7. The first-order valence-corrected chi connectivity index (χ1v) is 6.37. The maximum Gasteiger partial charge on any atom is 0.148 e. The molecular formula is C14H19FN4. The van der Waals surface area contributed by atoms with Gasteiger partial charge < -0.3 is 11.1 Å². The van der Waals surface area contributed by atoms with Crippen LogP contribution in [-0.4, -0.2) is 16.3 Å². The SMILES string of the molecule is Cc1cc(C)n(CCCNc2cccc(F)c2N)n1. The lowest BCUT2D eigenvalue weighted by Gasteiger charge is -2.10. The Bertz CT molecular complexity index is 563. The van der Waals surface area contributed by atoms with Crippen LogP contribution in [0.2, 0.25) is 0 Å². The molecule has 0 spiro atoms. The highest BCUT2D eigenvalue weighted by atomic mass is 19.1. The number of nitrogens with zero attached hydrogens (tertiary/aromatic N) is 2. The van der Waals surface area contributed by atoms with Crippen LogP contribution in [0.3, 0.4) is 0 Å². The fourth-order valence-electron chi connectivity index (χ4n) is 2.04. The van der Waals surface area contributed by atoms with Crippen LogP contribution in [0.25, 0.3) is 0 Å². The molecule has 1 heterocycles. The number of nitrogens with two attached hydrogens (primary N) is 1. The van der Waals surface area contributed by atoms with Crippen molar-refractivity contribution >= 4 is 11.4 Å². The van der Waals surface area contributed by atoms with E-state index in [1.807, 2.05) is 18.5 Å². The van der Waals surface area contributed by atoms with Crippen molar-refractivity contribution < 1.29 is 4.39 Å². The van der Waals surface area contributed by atoms with Crippen molar-refractivity contribution in [3.63, 3.8) is 0 Å². The summed E-state index contributed by atoms with van der Waals surface area (Å²) in [6.07, 6.45) is 0.901. The molecule has 3 N–H and O–H groups in total. The number of hydrogen-bond acceptors (Lipinski definition) is 3. The fourth-order valence-corrected chi connectivity index (χ4v) is 2.04. The molecule has 5 heteroatoms. The Kier molecular flexibility index (Phi) is 4.04. The van der Waals surface area contributed by atoms with Crippen molar-refractivity contribution in [3.05, 3.63) is 41.5 Å². The van der Waals surface area contributed by atoms with Crippen molar-refractivity contribution in [2.75, 3.05) is 17.6 Å². The van der Waals surface area contributed by atoms with Crippen LogP contribution in [0.15, 0.2) is 24.3 Å². The van der Waals surface area contributed by atoms with E-state index >= 15 is 0 Å². The third-order valence-corrected chi connectivity index (χ3v) is 3.02. The zero-order valence-corrected chi connectivity index (χ0v) is 11.3. The fraction of sp³-hybridized carbons (Fsp3) is 0.357. The number of benzene rings is 1. The molecule has 0 amide bonds. The van der Waals surface area contributed by atoms with Crippen LogP contribution in [0.5, 0.6) is 0 Å². The highest BCUT2D eigenvalue weighted by Gasteiger charge is 2.04. The summed E-state index contributed by atoms with van der Waals surface area (Å²) in [5.41, 5.74) is 8.65. The Morgan fingerprint density at radius 2 is 2.16 bits per heavy atom. The Morgan fingerprint density at radius 1 is 1.37 bits per heavy atom. The smallest absolute Gasteiger partial charge is 0.148 e. The first-order valence-electron chi connectivity index (χ1n) is 6.37. The minimum atomic E-state index is -0.386. The van der Waals surface area contributed by atoms with Gasteiger partial charge in [-0.2, -0.15) is 5.10 Å². The van der Waals surface area contributed by atoms with Crippen molar-refractivity contribution in [1.29, 1.82) is 0 Å². The van der Waals surface area contributed by atoms with Crippen LogP contribution in [0.4, 0.5) is 15.8 Å². The molecule has 0 aliphatic rings. The predicted octanol–water partition coefficient (Wildman–Crippen LogP) is 2.72. The largest absolute Gasteiger partial charge is 0.395 e. The molecule has 0 saturated carbocycles. The molecule has 1 aromatic heterocycles. The summed E-state index contributed by atoms with van der Waals surface area (Å²) in [7, 11) is 0. The summed E-state index contributed by atoms with van der Waals surface area (Å²) in [6.45, 7) is 5.58. The van der Waals surface area contributed by atoms with Gasteiger partial charge >= 0.3 is 0 Å². The molecule has 19 heavy (non-hydrogen) atoms. The Balaban J connectivity index is 1.84. The molecule has 0 bridgehead atoms. The second kappa shape index (κ2) is 5.73. The molecule has 102 valence electrons. The second-order valence-electron chi connectivity index (χ2n) is 4.63. The summed E-state index contributed by atoms with van der Waals surface area (Å²) in [5, 5.41) is 7.53. The average molecular weight is 262 g/mol. The van der Waals surface area contributed by atoms with E-state index in [9.17, 15) is 4.39 Å². The van der Waals surface area contributed by atoms with Crippen molar-refractivity contribution in [1.82, 2.24) is 9.78 Å². The van der Waals surface area contributed by atoms with Gasteiger partial charge in [-0.15, -0.1) is 0 Å². The van der Waals surface area contributed by atoms with Gasteiger partial charge in [-0.3, -0.25) is 4.68 Å². The van der Waals surface area contributed by atoms with Crippen LogP contribution < -0.4 is 11.1 Å². The topological polar surface area (TPSA) is 55.9 Å². The summed E-state index contributed by atoms with van der Waals surface area (Å²) in [6, 6.07) is 6.84. The molecule has 0 unspecified atom stereocenters. The number of halogens is 1. The lowest BCUT2D eigenvalue weighted by molar-refractivity contribution is 0.573. The molecule has 0 fully saturated rings. The maximum absolute atomic E-state index is 13.2. The second-order valence-corrected chi connectivity index (χ2v) is 4.63. The molecule has 0 saturated heterocycles. The van der Waals surface area contributed by atoms with E-state index in [1.165, 1.54) is 6.07 Å². The lowest BCUT2D eigenvalue weighted by atomic mass is 10.2. The van der Waals surface area contributed by atoms with Crippen molar-refractivity contribution in [2.24, 2.45) is 0 Å². The third kappa shape index (κ3) is 3.24. The van der Waals surface area contributed by atoms with Crippen LogP contribution in [-0.2, 0) is 6.54 Å². The third-order valence-electron chi connectivity index (χ3n) is 3.02. The van der Waals surface area contributed by atoms with Crippen molar-refractivity contribution in [2.45, 2.75) is 26.8 Å². The number of para-hydroxylation sites is 1. The number of hydrogen-bond donors (Lipinski definition) is 2. The van der Waals surface area contributed by atoms with Crippen LogP contribution in [0, 0.1) is 19.7 Å². The zero-order chi connectivity index (χ0) is 13.8. The minimum absolute atomic E-state index is 0.175. The molecular weight excluding hydrogens is 243 g/mol. The molecule has 1 aromatic carbocycles. The monoisotopic (exact) mass is 262 g/mol. The first kappa shape index (κ1) is 13.4. The summed E-state index contributed by atoms with van der Waals surface area (Å²) in [4.78, 5) is 0. The maximum atomic E-state index is 13.2. The first-order chi connectivity index (χ1) is 9.08. The number of nitrogens with one attached hydrogen (secondary N) is 1. The van der Waals surface area contributed by atoms with Gasteiger partial charge in [-0.25, -0.2) is 4.39 Å². The number of aryl methyl sites for hydroxylation is 3. The van der Waals surface area contributed by atoms with E-state index in [-0.39, 0.29) is 11.5 Å². The number of anilines is 2. The quantitative estimate of drug-likeness (QED) is 0.643. The van der Waals surface area contributed by atoms with Gasteiger partial charge in [0.15, 0.2) is 0 Å². The standard InChI is InChI=1S/C14H19FN4/c1-10-9-11(2)19(18-10)8-4-7-17-13-6-3-5-12(15)14(13)16/h3,5-6,9,17H,4,7-8,16H2,1-2H3. The number of rotatable bonds is 5. The van der Waals surface area contributed by atoms with E-state index in [0.717, 1.165) is 30.9 Å². The molecule has 0 atom stereocenters. The van der Waals surface area contributed by atoms with Crippen molar-refractivity contribution in [3.8, 4) is 0 Å². The van der Waals surface area contributed by atoms with E-state index in [0.29, 0.717) is 5.69 Å². The van der Waals surface area contributed by atoms with Gasteiger partial charge in [-0.1, -0.05) is 6.07 Å². The Labute approximate surface area is 112 Å². The van der Waals surface area contributed by atoms with E-state index in [4.69, 9.17) is 5.73 Å². The summed E-state index contributed by atoms with van der Waals surface area (Å²) < 4.78 is 15.2. The Morgan fingerprint density at radius 3 is 2.84 bits per heavy atom. The van der Waals surface area contributed by atoms with E-state index in [2.05, 4.69) is 16.5 Å². The van der Waals surface area contributed by atoms with Gasteiger partial charge in [0.05, 0.1) is 17.1 Å². The van der Waals surface area contributed by atoms with Crippen LogP contribution >= 0.6 is 0 Å². The molecule has 2 aromatic rings. The lowest BCUT2D eigenvalue weighted by Crippen LogP contribution is -2.10. The summed E-state index contributed by atoms with van der Waals surface area (Å²) in [5.74, 6) is -0.386. The van der Waals surface area contributed by atoms with E-state index in [1.54, 1.807) is 12.1 Å². The number of nitrogen functional groups attached to an aromatic ring is 1.